The van der Waals surface area contributed by atoms with E-state index in [1.165, 1.54) is 0 Å². The molecule has 0 radical (unpaired) electrons. The zero-order valence-electron chi connectivity index (χ0n) is 18.4. The fraction of sp³-hybridized carbons (Fsp3) is 0.522. The minimum Gasteiger partial charge on any atom is -0.449 e. The van der Waals surface area contributed by atoms with Gasteiger partial charge in [0.1, 0.15) is 22.9 Å². The number of nitrogens with zero attached hydrogens (tertiary/aromatic N) is 1. The van der Waals surface area contributed by atoms with Crippen molar-refractivity contribution in [3.05, 3.63) is 29.0 Å². The van der Waals surface area contributed by atoms with Gasteiger partial charge in [0, 0.05) is 16.5 Å². The van der Waals surface area contributed by atoms with Crippen molar-refractivity contribution in [3.8, 4) is 0 Å². The minimum absolute atomic E-state index is 0.0412. The highest BCUT2D eigenvalue weighted by molar-refractivity contribution is 6.31. The maximum atomic E-state index is 13.5. The quantitative estimate of drug-likeness (QED) is 0.687. The van der Waals surface area contributed by atoms with Crippen molar-refractivity contribution in [1.82, 2.24) is 4.90 Å². The molecule has 0 spiro atoms. The van der Waals surface area contributed by atoms with Crippen LogP contribution in [0, 0.1) is 5.92 Å². The van der Waals surface area contributed by atoms with Gasteiger partial charge >= 0.3 is 6.09 Å². The van der Waals surface area contributed by atoms with Gasteiger partial charge in [-0.1, -0.05) is 24.4 Å². The molecule has 172 valence electrons. The first-order chi connectivity index (χ1) is 15.0. The summed E-state index contributed by atoms with van der Waals surface area (Å²) >= 11 is 6.11. The molecule has 4 rings (SSSR count). The van der Waals surface area contributed by atoms with Gasteiger partial charge in [-0.3, -0.25) is 14.5 Å². The molecular weight excluding hydrogens is 434 g/mol. The van der Waals surface area contributed by atoms with Crippen LogP contribution in [-0.4, -0.2) is 40.5 Å². The number of rotatable bonds is 3. The fourth-order valence-corrected chi connectivity index (χ4v) is 5.02. The first-order valence-electron chi connectivity index (χ1n) is 10.9. The van der Waals surface area contributed by atoms with Crippen LogP contribution in [0.15, 0.2) is 22.6 Å². The molecule has 9 heteroatoms. The van der Waals surface area contributed by atoms with Gasteiger partial charge in [0.05, 0.1) is 0 Å². The highest BCUT2D eigenvalue weighted by atomic mass is 35.5. The highest BCUT2D eigenvalue weighted by Crippen LogP contribution is 2.41. The molecule has 1 aliphatic carbocycles. The maximum Gasteiger partial charge on any atom is 0.411 e. The molecule has 2 aromatic rings. The van der Waals surface area contributed by atoms with E-state index in [9.17, 15) is 14.4 Å². The summed E-state index contributed by atoms with van der Waals surface area (Å²) in [4.78, 5) is 40.1. The van der Waals surface area contributed by atoms with Crippen LogP contribution in [0.1, 0.15) is 63.4 Å². The lowest BCUT2D eigenvalue weighted by atomic mass is 9.85. The van der Waals surface area contributed by atoms with Crippen molar-refractivity contribution in [3.63, 3.8) is 0 Å². The fourth-order valence-electron chi connectivity index (χ4n) is 4.85. The molecule has 1 saturated carbocycles. The van der Waals surface area contributed by atoms with E-state index in [4.69, 9.17) is 26.5 Å². The second-order valence-corrected chi connectivity index (χ2v) is 9.99. The maximum absolute atomic E-state index is 13.5. The molecule has 32 heavy (non-hydrogen) atoms. The van der Waals surface area contributed by atoms with E-state index in [0.717, 1.165) is 25.7 Å². The Labute approximate surface area is 191 Å². The number of nitrogens with one attached hydrogen (secondary N) is 1. The predicted octanol–water partition coefficient (Wildman–Crippen LogP) is 4.69. The lowest BCUT2D eigenvalue weighted by molar-refractivity contribution is -0.120. The number of primary amides is 1. The largest absolute Gasteiger partial charge is 0.449 e. The summed E-state index contributed by atoms with van der Waals surface area (Å²) in [6.07, 6.45) is 3.93. The lowest BCUT2D eigenvalue weighted by Gasteiger charge is -2.34. The average Bonchev–Trinajstić information content (AvgIpc) is 3.25. The monoisotopic (exact) mass is 461 g/mol. The van der Waals surface area contributed by atoms with E-state index >= 15 is 0 Å². The number of nitrogens with two attached hydrogens (primary N) is 1. The molecule has 2 aliphatic rings. The van der Waals surface area contributed by atoms with Crippen molar-refractivity contribution in [2.24, 2.45) is 11.7 Å². The molecule has 8 nitrogen and oxygen atoms in total. The van der Waals surface area contributed by atoms with Crippen LogP contribution in [0.25, 0.3) is 11.0 Å². The zero-order valence-corrected chi connectivity index (χ0v) is 19.2. The van der Waals surface area contributed by atoms with E-state index in [1.54, 1.807) is 43.9 Å². The molecule has 0 bridgehead atoms. The van der Waals surface area contributed by atoms with E-state index in [2.05, 4.69) is 5.32 Å². The van der Waals surface area contributed by atoms with Crippen LogP contribution >= 0.6 is 11.6 Å². The van der Waals surface area contributed by atoms with Crippen LogP contribution in [0.3, 0.4) is 0 Å². The molecule has 1 aromatic carbocycles. The third kappa shape index (κ3) is 4.28. The van der Waals surface area contributed by atoms with Crippen LogP contribution < -0.4 is 11.1 Å². The summed E-state index contributed by atoms with van der Waals surface area (Å²) < 4.78 is 11.2. The average molecular weight is 462 g/mol. The SMILES string of the molecule is CC(C)(C)OC(=O)N1C(C(=O)Nc2c(C(N)=O)oc3ccc(Cl)cc23)CC2CCCCC21. The summed E-state index contributed by atoms with van der Waals surface area (Å²) in [6, 6.07) is 4.07. The standard InChI is InChI=1S/C23H28ClN3O5/c1-23(2,3)32-22(30)27-15-7-5-4-6-12(15)10-16(27)21(29)26-18-14-11-13(24)8-9-17(14)31-19(18)20(25)28/h8-9,11-12,15-16H,4-7,10H2,1-3H3,(H2,25,28)(H,26,29). The van der Waals surface area contributed by atoms with Crippen molar-refractivity contribution >= 4 is 46.2 Å². The highest BCUT2D eigenvalue weighted by Gasteiger charge is 2.49. The number of hydrogen-bond acceptors (Lipinski definition) is 5. The van der Waals surface area contributed by atoms with Gasteiger partial charge in [0.2, 0.25) is 11.7 Å². The minimum atomic E-state index is -0.809. The molecular formula is C23H28ClN3O5. The van der Waals surface area contributed by atoms with Crippen molar-refractivity contribution < 1.29 is 23.5 Å². The predicted molar refractivity (Wildman–Crippen MR) is 121 cm³/mol. The summed E-state index contributed by atoms with van der Waals surface area (Å²) in [7, 11) is 0. The van der Waals surface area contributed by atoms with Gasteiger partial charge in [-0.05, 0) is 64.2 Å². The Morgan fingerprint density at radius 1 is 1.22 bits per heavy atom. The van der Waals surface area contributed by atoms with E-state index in [-0.39, 0.29) is 23.4 Å². The molecule has 3 atom stereocenters. The van der Waals surface area contributed by atoms with Crippen molar-refractivity contribution in [2.75, 3.05) is 5.32 Å². The lowest BCUT2D eigenvalue weighted by Crippen LogP contribution is -2.49. The normalized spacial score (nSPS) is 23.1. The second-order valence-electron chi connectivity index (χ2n) is 9.55. The summed E-state index contributed by atoms with van der Waals surface area (Å²) in [6.45, 7) is 5.40. The van der Waals surface area contributed by atoms with Crippen molar-refractivity contribution in [1.29, 1.82) is 0 Å². The Bertz CT molecular complexity index is 1070. The van der Waals surface area contributed by atoms with Crippen molar-refractivity contribution in [2.45, 2.75) is 70.6 Å². The van der Waals surface area contributed by atoms with Crippen LogP contribution in [0.4, 0.5) is 10.5 Å². The molecule has 3 N–H and O–H groups in total. The number of carbonyl (C=O) groups excluding carboxylic acids is 3. The van der Waals surface area contributed by atoms with Gasteiger partial charge in [0.25, 0.3) is 5.91 Å². The Balaban J connectivity index is 1.67. The smallest absolute Gasteiger partial charge is 0.411 e. The van der Waals surface area contributed by atoms with Crippen LogP contribution in [0.5, 0.6) is 0 Å². The Kier molecular flexibility index (Phi) is 5.83. The number of hydrogen-bond donors (Lipinski definition) is 2. The molecule has 3 unspecified atom stereocenters. The van der Waals surface area contributed by atoms with E-state index in [0.29, 0.717) is 22.4 Å². The molecule has 2 fully saturated rings. The number of ether oxygens (including phenoxy) is 1. The van der Waals surface area contributed by atoms with Gasteiger partial charge in [-0.15, -0.1) is 0 Å². The topological polar surface area (TPSA) is 115 Å². The molecule has 3 amide bonds. The first kappa shape index (κ1) is 22.5. The number of likely N-dealkylation sites (tertiary alicyclic amines) is 1. The number of fused-ring (bicyclic) bond motifs is 2. The summed E-state index contributed by atoms with van der Waals surface area (Å²) in [5.74, 6) is -1.14. The number of benzene rings is 1. The van der Waals surface area contributed by atoms with Crippen LogP contribution in [0.2, 0.25) is 5.02 Å². The molecule has 2 heterocycles. The Hall–Kier alpha value is -2.74. The second kappa shape index (κ2) is 8.31. The van der Waals surface area contributed by atoms with Gasteiger partial charge in [-0.2, -0.15) is 0 Å². The van der Waals surface area contributed by atoms with E-state index < -0.39 is 29.6 Å². The first-order valence-corrected chi connectivity index (χ1v) is 11.3. The number of halogens is 1. The summed E-state index contributed by atoms with van der Waals surface area (Å²) in [5, 5.41) is 3.69. The van der Waals surface area contributed by atoms with Gasteiger partial charge < -0.3 is 20.2 Å². The zero-order chi connectivity index (χ0) is 23.2. The van der Waals surface area contributed by atoms with Crippen LogP contribution in [-0.2, 0) is 9.53 Å². The molecule has 1 aromatic heterocycles. The molecule has 1 aliphatic heterocycles. The van der Waals surface area contributed by atoms with Gasteiger partial charge in [0.15, 0.2) is 0 Å². The Morgan fingerprint density at radius 2 is 1.94 bits per heavy atom. The molecule has 1 saturated heterocycles. The number of amides is 3. The summed E-state index contributed by atoms with van der Waals surface area (Å²) in [5.41, 5.74) is 5.35. The number of carbonyl (C=O) groups is 3. The third-order valence-corrected chi connectivity index (χ3v) is 6.35. The Morgan fingerprint density at radius 3 is 2.62 bits per heavy atom. The van der Waals surface area contributed by atoms with E-state index in [1.807, 2.05) is 0 Å². The third-order valence-electron chi connectivity index (χ3n) is 6.12. The van der Waals surface area contributed by atoms with Gasteiger partial charge in [-0.25, -0.2) is 4.79 Å². The number of anilines is 1. The number of furan rings is 1.